The van der Waals surface area contributed by atoms with Gasteiger partial charge in [0.25, 0.3) is 0 Å². The molecule has 3 fully saturated rings. The fourth-order valence-corrected chi connectivity index (χ4v) is 5.66. The average Bonchev–Trinajstić information content (AvgIpc) is 3.23. The number of fused-ring (bicyclic) bond motifs is 4. The second-order valence-corrected chi connectivity index (χ2v) is 8.58. The number of nitrogens with zero attached hydrogens (tertiary/aromatic N) is 4. The summed E-state index contributed by atoms with van der Waals surface area (Å²) in [5.74, 6) is 3.04. The molecule has 0 amide bonds. The highest BCUT2D eigenvalue weighted by atomic mass is 16.5. The van der Waals surface area contributed by atoms with E-state index < -0.39 is 0 Å². The first-order chi connectivity index (χ1) is 13.7. The van der Waals surface area contributed by atoms with Gasteiger partial charge in [-0.05, 0) is 55.2 Å². The molecule has 6 heteroatoms. The minimum Gasteiger partial charge on any atom is -0.497 e. The molecule has 3 aliphatic heterocycles. The van der Waals surface area contributed by atoms with Crippen molar-refractivity contribution in [2.75, 3.05) is 31.6 Å². The molecule has 3 saturated heterocycles. The molecule has 28 heavy (non-hydrogen) atoms. The van der Waals surface area contributed by atoms with Crippen molar-refractivity contribution in [1.29, 1.82) is 0 Å². The van der Waals surface area contributed by atoms with Crippen LogP contribution in [0.3, 0.4) is 0 Å². The van der Waals surface area contributed by atoms with Gasteiger partial charge < -0.3 is 14.1 Å². The van der Waals surface area contributed by atoms with Gasteiger partial charge >= 0.3 is 6.01 Å². The molecule has 0 N–H and O–H groups in total. The maximum atomic E-state index is 5.86. The van der Waals surface area contributed by atoms with Crippen LogP contribution in [0.4, 0.5) is 6.01 Å². The lowest BCUT2D eigenvalue weighted by Gasteiger charge is -2.55. The summed E-state index contributed by atoms with van der Waals surface area (Å²) >= 11 is 0. The van der Waals surface area contributed by atoms with Crippen molar-refractivity contribution in [2.45, 2.75) is 51.1 Å². The van der Waals surface area contributed by atoms with Gasteiger partial charge in [-0.2, -0.15) is 0 Å². The summed E-state index contributed by atoms with van der Waals surface area (Å²) < 4.78 is 11.2. The molecule has 6 nitrogen and oxygen atoms in total. The maximum Gasteiger partial charge on any atom is 0.318 e. The Labute approximate surface area is 166 Å². The largest absolute Gasteiger partial charge is 0.497 e. The first kappa shape index (κ1) is 18.0. The van der Waals surface area contributed by atoms with Crippen LogP contribution in [-0.2, 0) is 6.42 Å². The summed E-state index contributed by atoms with van der Waals surface area (Å²) in [5.41, 5.74) is 1.44. The van der Waals surface area contributed by atoms with Gasteiger partial charge in [-0.1, -0.05) is 24.2 Å². The van der Waals surface area contributed by atoms with E-state index in [1.807, 2.05) is 0 Å². The highest BCUT2D eigenvalue weighted by molar-refractivity contribution is 5.31. The molecule has 0 saturated carbocycles. The summed E-state index contributed by atoms with van der Waals surface area (Å²) in [6, 6.07) is 10.6. The Morgan fingerprint density at radius 1 is 1.11 bits per heavy atom. The van der Waals surface area contributed by atoms with E-state index in [1.165, 1.54) is 37.8 Å². The van der Waals surface area contributed by atoms with E-state index in [4.69, 9.17) is 9.15 Å². The van der Waals surface area contributed by atoms with Crippen LogP contribution in [0.2, 0.25) is 0 Å². The van der Waals surface area contributed by atoms with E-state index in [9.17, 15) is 0 Å². The van der Waals surface area contributed by atoms with Gasteiger partial charge in [-0.15, -0.1) is 5.10 Å². The minimum absolute atomic E-state index is 0.539. The Bertz CT molecular complexity index is 805. The lowest BCUT2D eigenvalue weighted by atomic mass is 9.74. The van der Waals surface area contributed by atoms with Crippen molar-refractivity contribution in [3.8, 4) is 5.75 Å². The van der Waals surface area contributed by atoms with Gasteiger partial charge in [0.1, 0.15) is 5.75 Å². The van der Waals surface area contributed by atoms with E-state index >= 15 is 0 Å². The molecule has 0 radical (unpaired) electrons. The van der Waals surface area contributed by atoms with E-state index in [-0.39, 0.29) is 0 Å². The summed E-state index contributed by atoms with van der Waals surface area (Å²) in [6.45, 7) is 5.29. The molecule has 4 heterocycles. The van der Waals surface area contributed by atoms with Crippen LogP contribution in [0.1, 0.15) is 50.1 Å². The number of hydrogen-bond donors (Lipinski definition) is 0. The van der Waals surface area contributed by atoms with Crippen LogP contribution in [0.5, 0.6) is 5.75 Å². The number of benzene rings is 1. The molecule has 0 spiro atoms. The Kier molecular flexibility index (Phi) is 4.75. The summed E-state index contributed by atoms with van der Waals surface area (Å²) in [5, 5.41) is 8.48. The Morgan fingerprint density at radius 2 is 1.96 bits per heavy atom. The molecular weight excluding hydrogens is 352 g/mol. The number of anilines is 1. The number of aromatic nitrogens is 2. The third-order valence-electron chi connectivity index (χ3n) is 6.92. The fraction of sp³-hybridized carbons (Fsp3) is 0.636. The molecule has 5 rings (SSSR count). The van der Waals surface area contributed by atoms with Crippen LogP contribution < -0.4 is 9.64 Å². The Balaban J connectivity index is 1.35. The predicted molar refractivity (Wildman–Crippen MR) is 108 cm³/mol. The van der Waals surface area contributed by atoms with Crippen LogP contribution in [-0.4, -0.2) is 47.9 Å². The monoisotopic (exact) mass is 382 g/mol. The predicted octanol–water partition coefficient (Wildman–Crippen LogP) is 3.69. The average molecular weight is 383 g/mol. The van der Waals surface area contributed by atoms with Gasteiger partial charge in [0.15, 0.2) is 0 Å². The zero-order chi connectivity index (χ0) is 19.1. The lowest BCUT2D eigenvalue weighted by Crippen LogP contribution is -2.59. The molecule has 3 aliphatic rings. The van der Waals surface area contributed by atoms with Crippen molar-refractivity contribution < 1.29 is 9.15 Å². The van der Waals surface area contributed by atoms with Gasteiger partial charge in [-0.25, -0.2) is 0 Å². The number of piperidine rings is 3. The standard InChI is InChI=1S/C22H30N4O2/c1-3-21-23-24-22(28-21)25-12-15-11-17(14-25)20-6-4-5-19(26(20)13-15)16-7-9-18(27-2)10-8-16/h7-10,15,17,19-20H,3-6,11-14H2,1-2H3/t15-,17+,19+,20-/m0/s1. The van der Waals surface area contributed by atoms with Gasteiger partial charge in [-0.3, -0.25) is 4.90 Å². The van der Waals surface area contributed by atoms with Crippen LogP contribution in [0.15, 0.2) is 28.7 Å². The zero-order valence-electron chi connectivity index (χ0n) is 16.9. The lowest BCUT2D eigenvalue weighted by molar-refractivity contribution is -0.0207. The van der Waals surface area contributed by atoms with Gasteiger partial charge in [0.2, 0.25) is 5.89 Å². The van der Waals surface area contributed by atoms with Crippen molar-refractivity contribution in [2.24, 2.45) is 11.8 Å². The molecule has 2 aromatic rings. The van der Waals surface area contributed by atoms with Gasteiger partial charge in [0.05, 0.1) is 7.11 Å². The molecule has 2 bridgehead atoms. The number of methoxy groups -OCH3 is 1. The third kappa shape index (κ3) is 3.17. The first-order valence-electron chi connectivity index (χ1n) is 10.7. The highest BCUT2D eigenvalue weighted by Crippen LogP contribution is 2.45. The molecular formula is C22H30N4O2. The van der Waals surface area contributed by atoms with Crippen molar-refractivity contribution in [3.63, 3.8) is 0 Å². The number of aryl methyl sites for hydroxylation is 1. The third-order valence-corrected chi connectivity index (χ3v) is 6.92. The first-order valence-corrected chi connectivity index (χ1v) is 10.7. The SMILES string of the molecule is CCc1nnc(N2C[C@@H]3C[C@H](C2)[C@@H]2CCC[C@H](c4ccc(OC)cc4)N2C3)o1. The van der Waals surface area contributed by atoms with Crippen LogP contribution in [0.25, 0.3) is 0 Å². The van der Waals surface area contributed by atoms with E-state index in [1.54, 1.807) is 7.11 Å². The molecule has 4 atom stereocenters. The summed E-state index contributed by atoms with van der Waals surface area (Å²) in [6.07, 6.45) is 6.01. The maximum absolute atomic E-state index is 5.86. The molecule has 1 aromatic heterocycles. The van der Waals surface area contributed by atoms with Crippen LogP contribution in [0, 0.1) is 11.8 Å². The normalized spacial score (nSPS) is 30.1. The Morgan fingerprint density at radius 3 is 2.71 bits per heavy atom. The molecule has 0 aliphatic carbocycles. The van der Waals surface area contributed by atoms with E-state index in [0.29, 0.717) is 23.9 Å². The summed E-state index contributed by atoms with van der Waals surface area (Å²) in [4.78, 5) is 5.16. The quantitative estimate of drug-likeness (QED) is 0.804. The second kappa shape index (κ2) is 7.39. The minimum atomic E-state index is 0.539. The van der Waals surface area contributed by atoms with Crippen LogP contribution >= 0.6 is 0 Å². The number of rotatable bonds is 4. The smallest absolute Gasteiger partial charge is 0.318 e. The molecule has 0 unspecified atom stereocenters. The highest BCUT2D eigenvalue weighted by Gasteiger charge is 2.45. The second-order valence-electron chi connectivity index (χ2n) is 8.58. The summed E-state index contributed by atoms with van der Waals surface area (Å²) in [7, 11) is 1.73. The Hall–Kier alpha value is -2.08. The van der Waals surface area contributed by atoms with E-state index in [0.717, 1.165) is 37.2 Å². The number of ether oxygens (including phenoxy) is 1. The molecule has 1 aromatic carbocycles. The zero-order valence-corrected chi connectivity index (χ0v) is 16.9. The fourth-order valence-electron chi connectivity index (χ4n) is 5.66. The van der Waals surface area contributed by atoms with Crippen molar-refractivity contribution in [3.05, 3.63) is 35.7 Å². The van der Waals surface area contributed by atoms with Gasteiger partial charge in [0, 0.05) is 38.1 Å². The molecule has 150 valence electrons. The number of hydrogen-bond acceptors (Lipinski definition) is 6. The van der Waals surface area contributed by atoms with E-state index in [2.05, 4.69) is 51.2 Å². The van der Waals surface area contributed by atoms with Crippen molar-refractivity contribution in [1.82, 2.24) is 15.1 Å². The topological polar surface area (TPSA) is 54.6 Å². The van der Waals surface area contributed by atoms with Crippen molar-refractivity contribution >= 4 is 6.01 Å².